The van der Waals surface area contributed by atoms with Crippen molar-refractivity contribution in [3.8, 4) is 22.6 Å². The average Bonchev–Trinajstić information content (AvgIpc) is 2.39. The van der Waals surface area contributed by atoms with Crippen molar-refractivity contribution in [1.82, 2.24) is 0 Å². The number of benzene rings is 2. The topological polar surface area (TPSA) is 29.5 Å². The van der Waals surface area contributed by atoms with Crippen molar-refractivity contribution in [2.75, 3.05) is 6.61 Å². The molecular weight excluding hydrogens is 212 g/mol. The van der Waals surface area contributed by atoms with Crippen LogP contribution in [0.5, 0.6) is 11.5 Å². The fraction of sp³-hybridized carbons (Fsp3) is 0.200. The van der Waals surface area contributed by atoms with Crippen LogP contribution in [0, 0.1) is 0 Å². The molecule has 0 spiro atoms. The molecule has 2 aromatic carbocycles. The quantitative estimate of drug-likeness (QED) is 0.861. The zero-order chi connectivity index (χ0) is 12.1. The Morgan fingerprint density at radius 2 is 1.82 bits per heavy atom. The second-order valence-corrected chi connectivity index (χ2v) is 3.89. The Bertz CT molecular complexity index is 478. The summed E-state index contributed by atoms with van der Waals surface area (Å²) in [5.74, 6) is 1.07. The molecule has 0 atom stereocenters. The van der Waals surface area contributed by atoms with Crippen LogP contribution in [0.3, 0.4) is 0 Å². The van der Waals surface area contributed by atoms with Crippen LogP contribution in [0.2, 0.25) is 0 Å². The largest absolute Gasteiger partial charge is 0.507 e. The molecule has 88 valence electrons. The molecule has 0 aliphatic heterocycles. The summed E-state index contributed by atoms with van der Waals surface area (Å²) < 4.78 is 5.56. The summed E-state index contributed by atoms with van der Waals surface area (Å²) in [7, 11) is 0. The van der Waals surface area contributed by atoms with E-state index < -0.39 is 0 Å². The Morgan fingerprint density at radius 1 is 1.06 bits per heavy atom. The van der Waals surface area contributed by atoms with Crippen molar-refractivity contribution in [1.29, 1.82) is 0 Å². The van der Waals surface area contributed by atoms with E-state index in [-0.39, 0.29) is 5.75 Å². The van der Waals surface area contributed by atoms with Gasteiger partial charge in [-0.05, 0) is 30.2 Å². The van der Waals surface area contributed by atoms with Crippen LogP contribution in [-0.4, -0.2) is 11.7 Å². The minimum atomic E-state index is 0.278. The zero-order valence-electron chi connectivity index (χ0n) is 9.89. The molecule has 0 bridgehead atoms. The van der Waals surface area contributed by atoms with Gasteiger partial charge in [-0.3, -0.25) is 0 Å². The molecule has 1 N–H and O–H groups in total. The van der Waals surface area contributed by atoms with E-state index in [4.69, 9.17) is 4.74 Å². The van der Waals surface area contributed by atoms with Gasteiger partial charge in [-0.15, -0.1) is 0 Å². The van der Waals surface area contributed by atoms with Crippen LogP contribution < -0.4 is 4.74 Å². The van der Waals surface area contributed by atoms with Crippen LogP contribution >= 0.6 is 0 Å². The predicted molar refractivity (Wildman–Crippen MR) is 69.3 cm³/mol. The maximum Gasteiger partial charge on any atom is 0.123 e. The van der Waals surface area contributed by atoms with Crippen molar-refractivity contribution < 1.29 is 9.84 Å². The van der Waals surface area contributed by atoms with Crippen LogP contribution in [0.25, 0.3) is 11.1 Å². The number of phenolic OH excluding ortho intramolecular Hbond substituents is 1. The molecule has 0 amide bonds. The van der Waals surface area contributed by atoms with E-state index in [1.54, 1.807) is 12.1 Å². The van der Waals surface area contributed by atoms with Crippen LogP contribution in [0.4, 0.5) is 0 Å². The molecular formula is C15H16O2. The fourth-order valence-corrected chi connectivity index (χ4v) is 1.67. The molecule has 0 radical (unpaired) electrons. The second kappa shape index (κ2) is 5.39. The molecule has 0 heterocycles. The van der Waals surface area contributed by atoms with Gasteiger partial charge >= 0.3 is 0 Å². The number of hydrogen-bond acceptors (Lipinski definition) is 2. The van der Waals surface area contributed by atoms with Crippen LogP contribution in [0.1, 0.15) is 13.3 Å². The average molecular weight is 228 g/mol. The first-order valence-electron chi connectivity index (χ1n) is 5.82. The lowest BCUT2D eigenvalue weighted by Crippen LogP contribution is -1.94. The van der Waals surface area contributed by atoms with E-state index in [9.17, 15) is 5.11 Å². The van der Waals surface area contributed by atoms with Crippen LogP contribution in [0.15, 0.2) is 48.5 Å². The van der Waals surface area contributed by atoms with Gasteiger partial charge < -0.3 is 9.84 Å². The molecule has 0 aliphatic rings. The lowest BCUT2D eigenvalue weighted by Gasteiger charge is -2.09. The summed E-state index contributed by atoms with van der Waals surface area (Å²) >= 11 is 0. The first-order valence-corrected chi connectivity index (χ1v) is 5.82. The highest BCUT2D eigenvalue weighted by atomic mass is 16.5. The molecule has 2 aromatic rings. The normalized spacial score (nSPS) is 10.2. The number of aromatic hydroxyl groups is 1. The van der Waals surface area contributed by atoms with Gasteiger partial charge in [0.05, 0.1) is 6.61 Å². The first kappa shape index (κ1) is 11.5. The number of phenols is 1. The predicted octanol–water partition coefficient (Wildman–Crippen LogP) is 3.85. The molecule has 2 nitrogen and oxygen atoms in total. The minimum Gasteiger partial charge on any atom is -0.507 e. The van der Waals surface area contributed by atoms with Gasteiger partial charge in [0.1, 0.15) is 11.5 Å². The molecule has 0 saturated heterocycles. The van der Waals surface area contributed by atoms with Gasteiger partial charge in [-0.25, -0.2) is 0 Å². The highest BCUT2D eigenvalue weighted by Gasteiger charge is 2.05. The molecule has 2 rings (SSSR count). The van der Waals surface area contributed by atoms with E-state index in [1.165, 1.54) is 0 Å². The van der Waals surface area contributed by atoms with Crippen molar-refractivity contribution in [3.05, 3.63) is 48.5 Å². The third kappa shape index (κ3) is 2.78. The van der Waals surface area contributed by atoms with Crippen molar-refractivity contribution in [2.24, 2.45) is 0 Å². The van der Waals surface area contributed by atoms with E-state index in [0.717, 1.165) is 23.3 Å². The van der Waals surface area contributed by atoms with Gasteiger partial charge in [0.2, 0.25) is 0 Å². The highest BCUT2D eigenvalue weighted by Crippen LogP contribution is 2.32. The van der Waals surface area contributed by atoms with E-state index in [2.05, 4.69) is 6.92 Å². The number of ether oxygens (including phenoxy) is 1. The maximum absolute atomic E-state index is 9.86. The van der Waals surface area contributed by atoms with Crippen molar-refractivity contribution in [3.63, 3.8) is 0 Å². The zero-order valence-corrected chi connectivity index (χ0v) is 9.89. The van der Waals surface area contributed by atoms with E-state index in [0.29, 0.717) is 6.61 Å². The number of hydrogen-bond donors (Lipinski definition) is 1. The molecule has 0 aliphatic carbocycles. The second-order valence-electron chi connectivity index (χ2n) is 3.89. The summed E-state index contributed by atoms with van der Waals surface area (Å²) in [6.07, 6.45) is 0.974. The maximum atomic E-state index is 9.86. The Balaban J connectivity index is 2.33. The fourth-order valence-electron chi connectivity index (χ4n) is 1.67. The smallest absolute Gasteiger partial charge is 0.123 e. The standard InChI is InChI=1S/C15H16O2/c1-2-10-17-13-8-9-15(16)14(11-13)12-6-4-3-5-7-12/h3-9,11,16H,2,10H2,1H3. The van der Waals surface area contributed by atoms with E-state index >= 15 is 0 Å². The van der Waals surface area contributed by atoms with Crippen molar-refractivity contribution in [2.45, 2.75) is 13.3 Å². The summed E-state index contributed by atoms with van der Waals surface area (Å²) in [4.78, 5) is 0. The first-order chi connectivity index (χ1) is 8.31. The molecule has 0 unspecified atom stereocenters. The van der Waals surface area contributed by atoms with Gasteiger partial charge in [0, 0.05) is 5.56 Å². The molecule has 17 heavy (non-hydrogen) atoms. The molecule has 0 aromatic heterocycles. The SMILES string of the molecule is CCCOc1ccc(O)c(-c2ccccc2)c1. The van der Waals surface area contributed by atoms with E-state index in [1.807, 2.05) is 36.4 Å². The Hall–Kier alpha value is -1.96. The monoisotopic (exact) mass is 228 g/mol. The minimum absolute atomic E-state index is 0.278. The molecule has 0 saturated carbocycles. The lowest BCUT2D eigenvalue weighted by molar-refractivity contribution is 0.317. The summed E-state index contributed by atoms with van der Waals surface area (Å²) in [6, 6.07) is 15.1. The highest BCUT2D eigenvalue weighted by molar-refractivity contribution is 5.71. The molecule has 0 fully saturated rings. The Labute approximate surface area is 101 Å². The van der Waals surface area contributed by atoms with Crippen LogP contribution in [-0.2, 0) is 0 Å². The van der Waals surface area contributed by atoms with Gasteiger partial charge in [0.25, 0.3) is 0 Å². The third-order valence-electron chi connectivity index (χ3n) is 2.53. The van der Waals surface area contributed by atoms with Crippen molar-refractivity contribution >= 4 is 0 Å². The molecule has 2 heteroatoms. The van der Waals surface area contributed by atoms with Gasteiger partial charge in [-0.2, -0.15) is 0 Å². The Kier molecular flexibility index (Phi) is 3.66. The van der Waals surface area contributed by atoms with Gasteiger partial charge in [-0.1, -0.05) is 37.3 Å². The summed E-state index contributed by atoms with van der Waals surface area (Å²) in [5.41, 5.74) is 1.80. The Morgan fingerprint density at radius 3 is 2.53 bits per heavy atom. The number of rotatable bonds is 4. The lowest BCUT2D eigenvalue weighted by atomic mass is 10.0. The summed E-state index contributed by atoms with van der Waals surface area (Å²) in [5, 5.41) is 9.86. The van der Waals surface area contributed by atoms with Gasteiger partial charge in [0.15, 0.2) is 0 Å². The third-order valence-corrected chi connectivity index (χ3v) is 2.53. The summed E-state index contributed by atoms with van der Waals surface area (Å²) in [6.45, 7) is 2.76.